The van der Waals surface area contributed by atoms with Crippen molar-refractivity contribution in [3.63, 3.8) is 0 Å². The maximum Gasteiger partial charge on any atom is 0.416 e. The summed E-state index contributed by atoms with van der Waals surface area (Å²) in [6, 6.07) is -1.54. The summed E-state index contributed by atoms with van der Waals surface area (Å²) in [7, 11) is -3.23. The maximum atomic E-state index is 15.3. The molecule has 3 aromatic rings. The molecule has 0 spiro atoms. The van der Waals surface area contributed by atoms with Crippen molar-refractivity contribution in [1.82, 2.24) is 4.90 Å². The van der Waals surface area contributed by atoms with Crippen molar-refractivity contribution in [3.05, 3.63) is 87.7 Å². The van der Waals surface area contributed by atoms with Gasteiger partial charge >= 0.3 is 24.6 Å². The minimum Gasteiger partial charge on any atom is -0.496 e. The highest BCUT2D eigenvalue weighted by Crippen LogP contribution is 2.45. The highest BCUT2D eigenvalue weighted by Gasteiger charge is 2.44. The summed E-state index contributed by atoms with van der Waals surface area (Å²) in [5.74, 6) is -2.49. The molecule has 0 aromatic heterocycles. The Bertz CT molecular complexity index is 1840. The van der Waals surface area contributed by atoms with Crippen LogP contribution >= 0.6 is 0 Å². The molecule has 44 heavy (non-hydrogen) atoms. The molecule has 238 valence electrons. The van der Waals surface area contributed by atoms with E-state index in [1.54, 1.807) is 0 Å². The highest BCUT2D eigenvalue weighted by atomic mass is 19.4. The van der Waals surface area contributed by atoms with Gasteiger partial charge in [-0.15, -0.1) is 0 Å². The van der Waals surface area contributed by atoms with Crippen molar-refractivity contribution in [1.29, 1.82) is 0 Å². The van der Waals surface area contributed by atoms with Gasteiger partial charge < -0.3 is 9.47 Å². The third kappa shape index (κ3) is 6.43. The van der Waals surface area contributed by atoms with Gasteiger partial charge in [0.05, 0.1) is 43.1 Å². The molecule has 0 saturated carbocycles. The molecule has 4 rings (SSSR count). The second-order valence-electron chi connectivity index (χ2n) is 9.89. The number of hydrogen-bond donors (Lipinski definition) is 0. The zero-order chi connectivity index (χ0) is 39.8. The lowest BCUT2D eigenvalue weighted by atomic mass is 9.88. The topological polar surface area (TPSA) is 38.8 Å². The van der Waals surface area contributed by atoms with Crippen molar-refractivity contribution >= 4 is 6.09 Å². The molecule has 1 amide bonds. The largest absolute Gasteiger partial charge is 0.496 e. The molecule has 0 N–H and O–H groups in total. The fraction of sp³-hybridized carbons (Fsp3) is 0.367. The molecule has 0 radical (unpaired) electrons. The normalized spacial score (nSPS) is 24.4. The predicted molar refractivity (Wildman–Crippen MR) is 138 cm³/mol. The van der Waals surface area contributed by atoms with Crippen LogP contribution in [0.1, 0.15) is 77.0 Å². The molecule has 14 heteroatoms. The number of alkyl halides is 9. The van der Waals surface area contributed by atoms with E-state index in [9.17, 15) is 44.3 Å². The van der Waals surface area contributed by atoms with Crippen LogP contribution in [0.25, 0.3) is 11.1 Å². The smallest absolute Gasteiger partial charge is 0.416 e. The Kier molecular flexibility index (Phi) is 6.13. The van der Waals surface area contributed by atoms with E-state index in [2.05, 4.69) is 0 Å². The fourth-order valence-corrected chi connectivity index (χ4v) is 4.65. The molecule has 0 bridgehead atoms. The van der Waals surface area contributed by atoms with Gasteiger partial charge in [-0.05, 0) is 71.9 Å². The van der Waals surface area contributed by atoms with Crippen LogP contribution in [0, 0.1) is 5.82 Å². The highest BCUT2D eigenvalue weighted by molar-refractivity contribution is 5.79. The van der Waals surface area contributed by atoms with Crippen LogP contribution in [0.15, 0.2) is 48.5 Å². The summed E-state index contributed by atoms with van der Waals surface area (Å²) >= 11 is 0. The van der Waals surface area contributed by atoms with Gasteiger partial charge in [0, 0.05) is 15.2 Å². The van der Waals surface area contributed by atoms with Gasteiger partial charge in [0.2, 0.25) is 0 Å². The van der Waals surface area contributed by atoms with Crippen molar-refractivity contribution in [2.24, 2.45) is 0 Å². The summed E-state index contributed by atoms with van der Waals surface area (Å²) in [4.78, 5) is 13.2. The molecule has 1 fully saturated rings. The van der Waals surface area contributed by atoms with Gasteiger partial charge in [0.1, 0.15) is 17.6 Å². The lowest BCUT2D eigenvalue weighted by molar-refractivity contribution is -0.143. The molecule has 1 heterocycles. The number of rotatable bonds is 6. The molecule has 0 unspecified atom stereocenters. The molecule has 3 aromatic carbocycles. The van der Waals surface area contributed by atoms with Gasteiger partial charge in [-0.1, -0.05) is 19.9 Å². The zero-order valence-electron chi connectivity index (χ0n) is 30.4. The average Bonchev–Trinajstić information content (AvgIpc) is 3.17. The zero-order valence-corrected chi connectivity index (χ0v) is 22.4. The van der Waals surface area contributed by atoms with Crippen LogP contribution in [0.2, 0.25) is 0 Å². The Labute approximate surface area is 256 Å². The number of carbonyl (C=O) groups is 1. The number of methoxy groups -OCH3 is 1. The van der Waals surface area contributed by atoms with Gasteiger partial charge in [-0.3, -0.25) is 4.90 Å². The standard InChI is InChI=1S/C30H25F10NO3/c1-14(2)24-22(31)7-8-23(43-4)25(24)21-6-5-18(28(32,33)34)11-17(21)13-41-15(3)26(44-27(41)42)16-9-19(29(35,36)37)12-20(10-16)30(38,39)40/h5-12,14-15,26H,13H2,1-4H3/t15-,26-/m0/s1/i3D3,4D3,15D,26D. The monoisotopic (exact) mass is 645 g/mol. The Balaban J connectivity index is 2.06. The van der Waals surface area contributed by atoms with E-state index < -0.39 is 114 Å². The Morgan fingerprint density at radius 2 is 1.52 bits per heavy atom. The number of amides is 1. The molecule has 1 aliphatic heterocycles. The van der Waals surface area contributed by atoms with Gasteiger partial charge in [-0.2, -0.15) is 39.5 Å². The molecule has 4 nitrogen and oxygen atoms in total. The van der Waals surface area contributed by atoms with Gasteiger partial charge in [-0.25, -0.2) is 9.18 Å². The van der Waals surface area contributed by atoms with Crippen molar-refractivity contribution < 1.29 is 69.1 Å². The molecular formula is C30H25F10NO3. The van der Waals surface area contributed by atoms with E-state index in [4.69, 9.17) is 20.4 Å². The second-order valence-corrected chi connectivity index (χ2v) is 9.89. The number of halogens is 10. The first-order valence-corrected chi connectivity index (χ1v) is 12.4. The van der Waals surface area contributed by atoms with Crippen LogP contribution in [-0.2, 0) is 29.8 Å². The first-order chi connectivity index (χ1) is 23.3. The number of benzene rings is 3. The number of ether oxygens (including phenoxy) is 2. The quantitative estimate of drug-likeness (QED) is 0.251. The van der Waals surface area contributed by atoms with E-state index in [1.807, 2.05) is 0 Å². The van der Waals surface area contributed by atoms with E-state index in [-0.39, 0.29) is 28.7 Å². The van der Waals surface area contributed by atoms with Crippen molar-refractivity contribution in [2.75, 3.05) is 7.04 Å². The number of nitrogens with zero attached hydrogens (tertiary/aromatic N) is 1. The molecule has 2 atom stereocenters. The fourth-order valence-electron chi connectivity index (χ4n) is 4.65. The van der Waals surface area contributed by atoms with E-state index in [0.29, 0.717) is 18.2 Å². The van der Waals surface area contributed by atoms with Gasteiger partial charge in [0.25, 0.3) is 0 Å². The maximum absolute atomic E-state index is 15.3. The number of cyclic esters (lactones) is 1. The Morgan fingerprint density at radius 3 is 2.05 bits per heavy atom. The first kappa shape index (κ1) is 23.4. The average molecular weight is 646 g/mol. The van der Waals surface area contributed by atoms with E-state index >= 15 is 4.39 Å². The third-order valence-electron chi connectivity index (χ3n) is 6.62. The summed E-state index contributed by atoms with van der Waals surface area (Å²) in [6.07, 6.45) is -22.2. The van der Waals surface area contributed by atoms with Crippen LogP contribution in [-0.4, -0.2) is 24.0 Å². The van der Waals surface area contributed by atoms with Crippen LogP contribution < -0.4 is 4.74 Å². The predicted octanol–water partition coefficient (Wildman–Crippen LogP) is 9.76. The molecule has 1 aliphatic rings. The SMILES string of the molecule is [2H]C([2H])([2H])Oc1ccc(F)c(C(C)C)c1-c1ccc(C(F)(F)F)cc1CN1C(=O)O[C@]([2H])(c2cc(C(F)(F)F)cc(C(F)(F)F)c2)[C@]1([2H])C([2H])([2H])[2H]. The van der Waals surface area contributed by atoms with Crippen molar-refractivity contribution in [2.45, 2.75) is 63.8 Å². The van der Waals surface area contributed by atoms with E-state index in [1.165, 1.54) is 13.8 Å². The summed E-state index contributed by atoms with van der Waals surface area (Å²) < 4.78 is 214. The third-order valence-corrected chi connectivity index (χ3v) is 6.62. The van der Waals surface area contributed by atoms with Crippen LogP contribution in [0.4, 0.5) is 48.7 Å². The number of carbonyl (C=O) groups excluding carboxylic acids is 1. The molecule has 0 aliphatic carbocycles. The second kappa shape index (κ2) is 11.5. The Morgan fingerprint density at radius 1 is 0.909 bits per heavy atom. The molecule has 1 saturated heterocycles. The first-order valence-electron chi connectivity index (χ1n) is 16.4. The summed E-state index contributed by atoms with van der Waals surface area (Å²) in [6.45, 7) is -2.71. The van der Waals surface area contributed by atoms with Crippen molar-refractivity contribution in [3.8, 4) is 16.9 Å². The minimum absolute atomic E-state index is 0.135. The summed E-state index contributed by atoms with van der Waals surface area (Å²) in [5.41, 5.74) is -9.32. The van der Waals surface area contributed by atoms with E-state index in [0.717, 1.165) is 12.1 Å². The summed E-state index contributed by atoms with van der Waals surface area (Å²) in [5, 5.41) is 0. The lowest BCUT2D eigenvalue weighted by Gasteiger charge is -2.25. The van der Waals surface area contributed by atoms with Gasteiger partial charge in [0.15, 0.2) is 0 Å². The number of hydrogen-bond acceptors (Lipinski definition) is 3. The minimum atomic E-state index is -5.54. The van der Waals surface area contributed by atoms with Crippen LogP contribution in [0.3, 0.4) is 0 Å². The molecular weight excluding hydrogens is 612 g/mol. The van der Waals surface area contributed by atoms with Crippen LogP contribution in [0.5, 0.6) is 5.75 Å². The Hall–Kier alpha value is -3.97. The lowest BCUT2D eigenvalue weighted by Crippen LogP contribution is -2.32.